The number of furan rings is 1. The number of ether oxygens (including phenoxy) is 1. The maximum atomic E-state index is 13.2. The third kappa shape index (κ3) is 6.87. The van der Waals surface area contributed by atoms with E-state index in [2.05, 4.69) is 10.0 Å². The van der Waals surface area contributed by atoms with Crippen LogP contribution in [0.2, 0.25) is 0 Å². The summed E-state index contributed by atoms with van der Waals surface area (Å²) in [5.74, 6) is -1.19. The summed E-state index contributed by atoms with van der Waals surface area (Å²) in [6.45, 7) is 3.97. The van der Waals surface area contributed by atoms with E-state index in [1.54, 1.807) is 12.1 Å². The third-order valence-corrected chi connectivity index (χ3v) is 6.95. The van der Waals surface area contributed by atoms with Crippen molar-refractivity contribution in [1.82, 2.24) is 14.9 Å². The van der Waals surface area contributed by atoms with Crippen molar-refractivity contribution in [1.29, 1.82) is 0 Å². The number of nitrogens with zero attached hydrogens (tertiary/aromatic N) is 1. The molecule has 2 atom stereocenters. The largest absolute Gasteiger partial charge is 0.467 e. The van der Waals surface area contributed by atoms with Gasteiger partial charge in [-0.2, -0.15) is 0 Å². The Kier molecular flexibility index (Phi) is 8.81. The Morgan fingerprint density at radius 1 is 1.21 bits per heavy atom. The van der Waals surface area contributed by atoms with Gasteiger partial charge in [0.15, 0.2) is 0 Å². The molecule has 1 aromatic carbocycles. The Hall–Kier alpha value is -2.76. The summed E-state index contributed by atoms with van der Waals surface area (Å²) in [7, 11) is -4.05. The molecule has 0 saturated carbocycles. The Labute approximate surface area is 198 Å². The topological polar surface area (TPSA) is 118 Å². The van der Waals surface area contributed by atoms with Gasteiger partial charge in [-0.05, 0) is 55.2 Å². The van der Waals surface area contributed by atoms with E-state index in [0.29, 0.717) is 12.4 Å². The smallest absolute Gasteiger partial charge is 0.243 e. The number of halogens is 1. The second-order valence-electron chi connectivity index (χ2n) is 8.45. The van der Waals surface area contributed by atoms with Crippen LogP contribution in [0.4, 0.5) is 4.39 Å². The molecule has 9 nitrogen and oxygen atoms in total. The highest BCUT2D eigenvalue weighted by molar-refractivity contribution is 7.89. The Bertz CT molecular complexity index is 1050. The molecule has 2 aromatic rings. The van der Waals surface area contributed by atoms with Gasteiger partial charge in [0, 0.05) is 13.2 Å². The van der Waals surface area contributed by atoms with Gasteiger partial charge in [0.2, 0.25) is 21.8 Å². The predicted octanol–water partition coefficient (Wildman–Crippen LogP) is 2.05. The molecule has 34 heavy (non-hydrogen) atoms. The lowest BCUT2D eigenvalue weighted by molar-refractivity contribution is -0.143. The van der Waals surface area contributed by atoms with E-state index in [4.69, 9.17) is 9.15 Å². The molecule has 0 bridgehead atoms. The molecule has 2 amide bonds. The predicted molar refractivity (Wildman–Crippen MR) is 121 cm³/mol. The number of hydrogen-bond acceptors (Lipinski definition) is 6. The molecule has 0 aliphatic carbocycles. The third-order valence-electron chi connectivity index (χ3n) is 5.53. The first-order valence-corrected chi connectivity index (χ1v) is 12.6. The number of carbonyl (C=O) groups excluding carboxylic acids is 2. The van der Waals surface area contributed by atoms with Crippen LogP contribution in [-0.4, -0.2) is 57.0 Å². The normalized spacial score (nSPS) is 17.0. The summed E-state index contributed by atoms with van der Waals surface area (Å²) in [4.78, 5) is 27.5. The van der Waals surface area contributed by atoms with Gasteiger partial charge in [-0.1, -0.05) is 13.8 Å². The first-order valence-electron chi connectivity index (χ1n) is 11.1. The second kappa shape index (κ2) is 11.6. The lowest BCUT2D eigenvalue weighted by Gasteiger charge is -2.35. The SMILES string of the molecule is CC(C)[C@H](C(=O)NCc1ccco1)N(C[C@H]1CCCO1)C(=O)CNS(=O)(=O)c1ccc(F)cc1. The molecule has 0 radical (unpaired) electrons. The first-order chi connectivity index (χ1) is 16.2. The van der Waals surface area contributed by atoms with Crippen molar-refractivity contribution in [2.45, 2.75) is 50.3 Å². The molecule has 1 aliphatic heterocycles. The Balaban J connectivity index is 1.74. The maximum Gasteiger partial charge on any atom is 0.243 e. The zero-order valence-corrected chi connectivity index (χ0v) is 20.0. The summed E-state index contributed by atoms with van der Waals surface area (Å²) in [6.07, 6.45) is 2.85. The van der Waals surface area contributed by atoms with Crippen LogP contribution in [0, 0.1) is 11.7 Å². The molecule has 186 valence electrons. The quantitative estimate of drug-likeness (QED) is 0.493. The first kappa shape index (κ1) is 25.9. The number of amides is 2. The fourth-order valence-electron chi connectivity index (χ4n) is 3.83. The van der Waals surface area contributed by atoms with E-state index in [1.165, 1.54) is 11.2 Å². The Morgan fingerprint density at radius 3 is 2.53 bits per heavy atom. The molecule has 1 saturated heterocycles. The summed E-state index contributed by atoms with van der Waals surface area (Å²) in [6, 6.07) is 6.88. The lowest BCUT2D eigenvalue weighted by Crippen LogP contribution is -2.56. The van der Waals surface area contributed by atoms with Crippen molar-refractivity contribution in [2.24, 2.45) is 5.92 Å². The van der Waals surface area contributed by atoms with Crippen LogP contribution in [0.25, 0.3) is 0 Å². The van der Waals surface area contributed by atoms with Gasteiger partial charge < -0.3 is 19.4 Å². The van der Waals surface area contributed by atoms with Gasteiger partial charge in [-0.25, -0.2) is 17.5 Å². The number of benzene rings is 1. The van der Waals surface area contributed by atoms with Crippen LogP contribution in [0.5, 0.6) is 0 Å². The van der Waals surface area contributed by atoms with Gasteiger partial charge in [-0.15, -0.1) is 0 Å². The van der Waals surface area contributed by atoms with E-state index < -0.39 is 34.3 Å². The van der Waals surface area contributed by atoms with Crippen LogP contribution >= 0.6 is 0 Å². The van der Waals surface area contributed by atoms with Crippen LogP contribution in [0.15, 0.2) is 52.0 Å². The van der Waals surface area contributed by atoms with Crippen LogP contribution in [0.3, 0.4) is 0 Å². The minimum absolute atomic E-state index is 0.161. The van der Waals surface area contributed by atoms with E-state index in [-0.39, 0.29) is 35.9 Å². The molecule has 11 heteroatoms. The van der Waals surface area contributed by atoms with Crippen molar-refractivity contribution in [3.63, 3.8) is 0 Å². The molecule has 2 N–H and O–H groups in total. The maximum absolute atomic E-state index is 13.2. The molecular weight excluding hydrogens is 465 g/mol. The molecule has 0 spiro atoms. The monoisotopic (exact) mass is 495 g/mol. The highest BCUT2D eigenvalue weighted by atomic mass is 32.2. The molecule has 1 fully saturated rings. The van der Waals surface area contributed by atoms with Gasteiger partial charge in [0.05, 0.1) is 30.4 Å². The molecule has 2 heterocycles. The van der Waals surface area contributed by atoms with Crippen molar-refractivity contribution in [3.8, 4) is 0 Å². The number of rotatable bonds is 11. The minimum Gasteiger partial charge on any atom is -0.467 e. The lowest BCUT2D eigenvalue weighted by atomic mass is 10.00. The summed E-state index contributed by atoms with van der Waals surface area (Å²) >= 11 is 0. The van der Waals surface area contributed by atoms with Crippen LogP contribution in [-0.2, 0) is 30.9 Å². The van der Waals surface area contributed by atoms with E-state index in [0.717, 1.165) is 37.1 Å². The molecule has 1 aliphatic rings. The van der Waals surface area contributed by atoms with Gasteiger partial charge in [-0.3, -0.25) is 9.59 Å². The molecule has 3 rings (SSSR count). The van der Waals surface area contributed by atoms with Crippen molar-refractivity contribution >= 4 is 21.8 Å². The van der Waals surface area contributed by atoms with Crippen molar-refractivity contribution < 1.29 is 31.6 Å². The second-order valence-corrected chi connectivity index (χ2v) is 10.2. The molecule has 0 unspecified atom stereocenters. The van der Waals surface area contributed by atoms with Crippen molar-refractivity contribution in [2.75, 3.05) is 19.7 Å². The van der Waals surface area contributed by atoms with Crippen molar-refractivity contribution in [3.05, 3.63) is 54.2 Å². The van der Waals surface area contributed by atoms with Gasteiger partial charge >= 0.3 is 0 Å². The zero-order chi connectivity index (χ0) is 24.7. The number of hydrogen-bond donors (Lipinski definition) is 2. The standard InChI is InChI=1S/C23H30FN3O6S/c1-16(2)22(23(29)25-13-18-5-3-11-32-18)27(15-19-6-4-12-33-19)21(28)14-26-34(30,31)20-9-7-17(24)8-10-20/h3,5,7-11,16,19,22,26H,4,6,12-15H2,1-2H3,(H,25,29)/t19-,22-/m1/s1. The van der Waals surface area contributed by atoms with E-state index in [1.807, 2.05) is 13.8 Å². The fraction of sp³-hybridized carbons (Fsp3) is 0.478. The average Bonchev–Trinajstić information content (AvgIpc) is 3.50. The fourth-order valence-corrected chi connectivity index (χ4v) is 4.80. The highest BCUT2D eigenvalue weighted by Gasteiger charge is 2.35. The highest BCUT2D eigenvalue weighted by Crippen LogP contribution is 2.19. The number of nitrogens with one attached hydrogen (secondary N) is 2. The van der Waals surface area contributed by atoms with E-state index in [9.17, 15) is 22.4 Å². The van der Waals surface area contributed by atoms with Crippen LogP contribution in [0.1, 0.15) is 32.4 Å². The van der Waals surface area contributed by atoms with E-state index >= 15 is 0 Å². The van der Waals surface area contributed by atoms with Crippen LogP contribution < -0.4 is 10.0 Å². The summed E-state index contributed by atoms with van der Waals surface area (Å²) < 4.78 is 51.5. The van der Waals surface area contributed by atoms with Gasteiger partial charge in [0.1, 0.15) is 17.6 Å². The zero-order valence-electron chi connectivity index (χ0n) is 19.2. The molecule has 1 aromatic heterocycles. The average molecular weight is 496 g/mol. The Morgan fingerprint density at radius 2 is 1.94 bits per heavy atom. The minimum atomic E-state index is -4.05. The van der Waals surface area contributed by atoms with Gasteiger partial charge in [0.25, 0.3) is 0 Å². The molecular formula is C23H30FN3O6S. The number of sulfonamides is 1. The number of carbonyl (C=O) groups is 2. The summed E-state index contributed by atoms with van der Waals surface area (Å²) in [5.41, 5.74) is 0. The summed E-state index contributed by atoms with van der Waals surface area (Å²) in [5, 5.41) is 2.79.